The van der Waals surface area contributed by atoms with Gasteiger partial charge in [-0.2, -0.15) is 0 Å². The summed E-state index contributed by atoms with van der Waals surface area (Å²) < 4.78 is 4.83. The normalized spacial score (nSPS) is 19.0. The van der Waals surface area contributed by atoms with E-state index in [-0.39, 0.29) is 34.0 Å². The number of halogens is 2. The van der Waals surface area contributed by atoms with E-state index in [1.165, 1.54) is 101 Å². The van der Waals surface area contributed by atoms with Gasteiger partial charge in [0.25, 0.3) is 0 Å². The first-order chi connectivity index (χ1) is 19.7. The van der Waals surface area contributed by atoms with Gasteiger partial charge in [0, 0.05) is 48.2 Å². The van der Waals surface area contributed by atoms with Crippen molar-refractivity contribution in [1.82, 2.24) is 9.80 Å². The van der Waals surface area contributed by atoms with E-state index in [1.54, 1.807) is 11.1 Å². The van der Waals surface area contributed by atoms with Crippen LogP contribution in [0.4, 0.5) is 0 Å². The summed E-state index contributed by atoms with van der Waals surface area (Å²) in [5.41, 5.74) is 6.12. The van der Waals surface area contributed by atoms with E-state index < -0.39 is 0 Å². The van der Waals surface area contributed by atoms with Crippen molar-refractivity contribution >= 4 is 0 Å². The molecule has 2 saturated heterocycles. The molecule has 230 valence electrons. The van der Waals surface area contributed by atoms with E-state index in [1.807, 2.05) is 0 Å². The van der Waals surface area contributed by atoms with Crippen LogP contribution in [0.5, 0.6) is 0 Å². The Kier molecular flexibility index (Phi) is 15.2. The number of benzene rings is 1. The predicted octanol–water partition coefficient (Wildman–Crippen LogP) is 0.629. The molecular weight excluding hydrogens is 648 g/mol. The maximum atomic E-state index is 2.50. The maximum Gasteiger partial charge on any atom is 0.173 e. The van der Waals surface area contributed by atoms with E-state index in [0.29, 0.717) is 12.1 Å². The second kappa shape index (κ2) is 18.3. The van der Waals surface area contributed by atoms with Gasteiger partial charge in [0.15, 0.2) is 24.8 Å². The molecule has 2 fully saturated rings. The smallest absolute Gasteiger partial charge is 0.173 e. The average Bonchev–Trinajstić information content (AvgIpc) is 3.61. The van der Waals surface area contributed by atoms with Gasteiger partial charge >= 0.3 is 0 Å². The molecule has 6 heteroatoms. The Balaban J connectivity index is 0.00000242. The molecule has 0 radical (unpaired) electrons. The Morgan fingerprint density at radius 3 is 1.45 bits per heavy atom. The molecule has 2 aromatic heterocycles. The van der Waals surface area contributed by atoms with E-state index >= 15 is 0 Å². The number of hydrogen-bond donors (Lipinski definition) is 0. The molecule has 0 N–H and O–H groups in total. The van der Waals surface area contributed by atoms with Gasteiger partial charge in [0.05, 0.1) is 0 Å². The fourth-order valence-electron chi connectivity index (χ4n) is 7.04. The molecule has 42 heavy (non-hydrogen) atoms. The van der Waals surface area contributed by atoms with E-state index in [9.17, 15) is 0 Å². The molecule has 0 aliphatic carbocycles. The van der Waals surface area contributed by atoms with Gasteiger partial charge in [-0.05, 0) is 115 Å². The van der Waals surface area contributed by atoms with Crippen molar-refractivity contribution in [3.8, 4) is 0 Å². The molecule has 3 aromatic rings. The van der Waals surface area contributed by atoms with Gasteiger partial charge in [0.2, 0.25) is 0 Å². The summed E-state index contributed by atoms with van der Waals surface area (Å²) in [4.78, 5) is 5.01. The zero-order valence-corrected chi connectivity index (χ0v) is 29.1. The van der Waals surface area contributed by atoms with Crippen LogP contribution in [0.25, 0.3) is 0 Å². The minimum Gasteiger partial charge on any atom is -1.00 e. The van der Waals surface area contributed by atoms with Gasteiger partial charge in [-0.15, -0.1) is 0 Å². The molecule has 4 nitrogen and oxygen atoms in total. The second-order valence-corrected chi connectivity index (χ2v) is 12.4. The van der Waals surface area contributed by atoms with Crippen LogP contribution in [0.3, 0.4) is 0 Å². The van der Waals surface area contributed by atoms with Gasteiger partial charge in [-0.3, -0.25) is 9.80 Å². The minimum atomic E-state index is 0. The lowest BCUT2D eigenvalue weighted by Gasteiger charge is -2.18. The first-order valence-corrected chi connectivity index (χ1v) is 16.1. The number of aryl methyl sites for hydroxylation is 4. The van der Waals surface area contributed by atoms with Crippen molar-refractivity contribution in [3.05, 3.63) is 95.6 Å². The molecule has 0 unspecified atom stereocenters. The van der Waals surface area contributed by atoms with Crippen LogP contribution >= 0.6 is 0 Å². The standard InChI is InChI=1S/C36H52N4.2BrH/c1-37-23-13-21-35(37)33-19-11-27-39(29-33)25-9-3-5-15-31-17-7-8-18-32(31)16-6-4-10-26-40-28-12-20-34(30-40)36-22-14-24-38(36)2;;/h7-8,11-12,17-20,27-30,35-36H,3-6,9-10,13-16,21-26H2,1-2H3;2*1H/q+2;;/p-2/t35-,36-;;/m0../s1. The number of rotatable bonds is 14. The number of aromatic nitrogens is 2. The third kappa shape index (κ3) is 9.97. The maximum absolute atomic E-state index is 2.50. The quantitative estimate of drug-likeness (QED) is 0.181. The summed E-state index contributed by atoms with van der Waals surface area (Å²) in [6, 6.07) is 19.5. The highest BCUT2D eigenvalue weighted by Crippen LogP contribution is 2.30. The summed E-state index contributed by atoms with van der Waals surface area (Å²) in [6.45, 7) is 4.72. The van der Waals surface area contributed by atoms with Gasteiger partial charge in [0.1, 0.15) is 13.1 Å². The van der Waals surface area contributed by atoms with E-state index in [4.69, 9.17) is 0 Å². The second-order valence-electron chi connectivity index (χ2n) is 12.4. The van der Waals surface area contributed by atoms with Gasteiger partial charge < -0.3 is 34.0 Å². The van der Waals surface area contributed by atoms with Crippen molar-refractivity contribution in [1.29, 1.82) is 0 Å². The van der Waals surface area contributed by atoms with Crippen LogP contribution in [-0.2, 0) is 25.9 Å². The van der Waals surface area contributed by atoms with Gasteiger partial charge in [-0.1, -0.05) is 24.3 Å². The van der Waals surface area contributed by atoms with Crippen LogP contribution in [-0.4, -0.2) is 37.0 Å². The topological polar surface area (TPSA) is 14.2 Å². The van der Waals surface area contributed by atoms with Crippen LogP contribution in [0.2, 0.25) is 0 Å². The molecule has 5 rings (SSSR count). The van der Waals surface area contributed by atoms with Crippen LogP contribution in [0.1, 0.15) is 98.5 Å². The van der Waals surface area contributed by atoms with Gasteiger partial charge in [-0.25, -0.2) is 9.13 Å². The summed E-state index contributed by atoms with van der Waals surface area (Å²) >= 11 is 0. The molecule has 2 aliphatic rings. The van der Waals surface area contributed by atoms with E-state index in [0.717, 1.165) is 13.1 Å². The number of pyridine rings is 2. The molecule has 1 aromatic carbocycles. The molecule has 0 saturated carbocycles. The minimum absolute atomic E-state index is 0. The zero-order valence-electron chi connectivity index (χ0n) is 25.9. The molecule has 4 heterocycles. The predicted molar refractivity (Wildman–Crippen MR) is 164 cm³/mol. The number of hydrogen-bond acceptors (Lipinski definition) is 2. The fraction of sp³-hybridized carbons (Fsp3) is 0.556. The highest BCUT2D eigenvalue weighted by atomic mass is 79.9. The lowest BCUT2D eigenvalue weighted by molar-refractivity contribution is -0.698. The number of unbranched alkanes of at least 4 members (excludes halogenated alkanes) is 4. The largest absolute Gasteiger partial charge is 1.00 e. The molecule has 0 amide bonds. The van der Waals surface area contributed by atoms with Crippen molar-refractivity contribution in [3.63, 3.8) is 0 Å². The average molecular weight is 701 g/mol. The number of likely N-dealkylation sites (tertiary alicyclic amines) is 2. The molecule has 2 aliphatic heterocycles. The zero-order chi connectivity index (χ0) is 27.6. The molecule has 0 bridgehead atoms. The van der Waals surface area contributed by atoms with Crippen LogP contribution in [0.15, 0.2) is 73.3 Å². The van der Waals surface area contributed by atoms with E-state index in [2.05, 4.69) is 106 Å². The van der Waals surface area contributed by atoms with Crippen molar-refractivity contribution in [2.75, 3.05) is 27.2 Å². The number of nitrogens with zero attached hydrogens (tertiary/aromatic N) is 4. The highest BCUT2D eigenvalue weighted by molar-refractivity contribution is 5.27. The summed E-state index contributed by atoms with van der Waals surface area (Å²) in [5, 5.41) is 0. The Morgan fingerprint density at radius 1 is 0.595 bits per heavy atom. The summed E-state index contributed by atoms with van der Waals surface area (Å²) in [6.07, 6.45) is 24.6. The SMILES string of the molecule is CN1CCC[C@H]1c1ccc[n+](CCCCCc2ccccc2CCCCC[n+]2cccc([C@@H]3CCCN3C)c2)c1.[Br-].[Br-]. The van der Waals surface area contributed by atoms with Crippen molar-refractivity contribution in [2.45, 2.75) is 102 Å². The van der Waals surface area contributed by atoms with Crippen molar-refractivity contribution < 1.29 is 43.1 Å². The lowest BCUT2D eigenvalue weighted by atomic mass is 9.97. The Hall–Kier alpha value is -1.60. The third-order valence-corrected chi connectivity index (χ3v) is 9.42. The summed E-state index contributed by atoms with van der Waals surface area (Å²) in [5.74, 6) is 0. The molecule has 0 spiro atoms. The highest BCUT2D eigenvalue weighted by Gasteiger charge is 2.25. The third-order valence-electron chi connectivity index (χ3n) is 9.42. The fourth-order valence-corrected chi connectivity index (χ4v) is 7.04. The monoisotopic (exact) mass is 698 g/mol. The van der Waals surface area contributed by atoms with Crippen molar-refractivity contribution in [2.24, 2.45) is 0 Å². The molecule has 2 atom stereocenters. The van der Waals surface area contributed by atoms with Crippen LogP contribution in [0, 0.1) is 0 Å². The Morgan fingerprint density at radius 2 is 1.05 bits per heavy atom. The Labute approximate surface area is 276 Å². The molecular formula is C36H52Br2N4. The summed E-state index contributed by atoms with van der Waals surface area (Å²) in [7, 11) is 4.53. The Bertz CT molecular complexity index is 1110. The van der Waals surface area contributed by atoms with Crippen LogP contribution < -0.4 is 43.1 Å². The lowest BCUT2D eigenvalue weighted by Crippen LogP contribution is -3.00. The first-order valence-electron chi connectivity index (χ1n) is 16.1. The first kappa shape index (κ1) is 34.9.